The van der Waals surface area contributed by atoms with Gasteiger partial charge in [0.15, 0.2) is 0 Å². The summed E-state index contributed by atoms with van der Waals surface area (Å²) in [4.78, 5) is 9.66. The van der Waals surface area contributed by atoms with Gasteiger partial charge < -0.3 is 16.2 Å². The Labute approximate surface area is 130 Å². The molecule has 20 heavy (non-hydrogen) atoms. The first-order valence-electron chi connectivity index (χ1n) is 5.70. The molecule has 0 spiro atoms. The number of nitrogens with zero attached hydrogens (tertiary/aromatic N) is 2. The number of halogens is 2. The number of nitrogen functional groups attached to an aromatic ring is 1. The van der Waals surface area contributed by atoms with E-state index in [1.54, 1.807) is 18.3 Å². The van der Waals surface area contributed by atoms with E-state index < -0.39 is 0 Å². The molecule has 1 aromatic heterocycles. The molecule has 1 aromatic carbocycles. The lowest BCUT2D eigenvalue weighted by atomic mass is 10.4. The Bertz CT molecular complexity index is 612. The van der Waals surface area contributed by atoms with Crippen molar-refractivity contribution in [1.82, 2.24) is 9.97 Å². The molecular formula is C12H12Cl2N4OS. The van der Waals surface area contributed by atoms with Crippen LogP contribution >= 0.6 is 35.0 Å². The zero-order valence-electron chi connectivity index (χ0n) is 10.3. The van der Waals surface area contributed by atoms with Crippen LogP contribution in [0.25, 0.3) is 0 Å². The fourth-order valence-electron chi connectivity index (χ4n) is 1.44. The summed E-state index contributed by atoms with van der Waals surface area (Å²) >= 11 is 13.4. The Morgan fingerprint density at radius 1 is 1.30 bits per heavy atom. The van der Waals surface area contributed by atoms with Crippen LogP contribution in [0.5, 0.6) is 0 Å². The SMILES string of the molecule is Nc1ncc(Sc2ccc(Cl)cc2Cl)c(NCCO)n1. The summed E-state index contributed by atoms with van der Waals surface area (Å²) in [6.07, 6.45) is 1.61. The first-order chi connectivity index (χ1) is 9.60. The molecule has 0 saturated carbocycles. The molecule has 2 rings (SSSR count). The summed E-state index contributed by atoms with van der Waals surface area (Å²) in [5.74, 6) is 0.722. The highest BCUT2D eigenvalue weighted by Gasteiger charge is 2.10. The molecule has 0 fully saturated rings. The van der Waals surface area contributed by atoms with Crippen LogP contribution in [0.4, 0.5) is 11.8 Å². The predicted molar refractivity (Wildman–Crippen MR) is 82.6 cm³/mol. The molecule has 1 heterocycles. The highest BCUT2D eigenvalue weighted by molar-refractivity contribution is 7.99. The normalized spacial score (nSPS) is 10.6. The summed E-state index contributed by atoms with van der Waals surface area (Å²) in [7, 11) is 0. The molecule has 0 aliphatic heterocycles. The molecule has 0 unspecified atom stereocenters. The maximum absolute atomic E-state index is 8.87. The smallest absolute Gasteiger partial charge is 0.221 e. The molecule has 0 aliphatic carbocycles. The van der Waals surface area contributed by atoms with E-state index in [-0.39, 0.29) is 12.6 Å². The molecule has 0 atom stereocenters. The molecule has 0 aliphatic rings. The van der Waals surface area contributed by atoms with Crippen molar-refractivity contribution in [3.63, 3.8) is 0 Å². The highest BCUT2D eigenvalue weighted by Crippen LogP contribution is 2.37. The van der Waals surface area contributed by atoms with Crippen LogP contribution in [0.2, 0.25) is 10.0 Å². The number of aliphatic hydroxyl groups is 1. The van der Waals surface area contributed by atoms with Crippen molar-refractivity contribution in [2.24, 2.45) is 0 Å². The molecule has 4 N–H and O–H groups in total. The van der Waals surface area contributed by atoms with Gasteiger partial charge in [-0.2, -0.15) is 4.98 Å². The van der Waals surface area contributed by atoms with Crippen molar-refractivity contribution < 1.29 is 5.11 Å². The zero-order valence-corrected chi connectivity index (χ0v) is 12.6. The minimum atomic E-state index is -0.00425. The molecular weight excluding hydrogens is 319 g/mol. The molecule has 2 aromatic rings. The lowest BCUT2D eigenvalue weighted by molar-refractivity contribution is 0.311. The van der Waals surface area contributed by atoms with E-state index in [9.17, 15) is 0 Å². The molecule has 5 nitrogen and oxygen atoms in total. The Hall–Kier alpha value is -1.21. The van der Waals surface area contributed by atoms with Gasteiger partial charge in [0, 0.05) is 22.7 Å². The van der Waals surface area contributed by atoms with Crippen molar-refractivity contribution in [1.29, 1.82) is 0 Å². The maximum Gasteiger partial charge on any atom is 0.221 e. The van der Waals surface area contributed by atoms with E-state index in [4.69, 9.17) is 34.0 Å². The Kier molecular flexibility index (Phi) is 5.31. The molecule has 8 heteroatoms. The van der Waals surface area contributed by atoms with Crippen LogP contribution in [0.15, 0.2) is 34.2 Å². The summed E-state index contributed by atoms with van der Waals surface area (Å²) in [6.45, 7) is 0.369. The lowest BCUT2D eigenvalue weighted by Crippen LogP contribution is -2.09. The van der Waals surface area contributed by atoms with Crippen molar-refractivity contribution in [2.75, 3.05) is 24.2 Å². The molecule has 0 radical (unpaired) electrons. The van der Waals surface area contributed by atoms with Crippen LogP contribution < -0.4 is 11.1 Å². The van der Waals surface area contributed by atoms with Gasteiger partial charge >= 0.3 is 0 Å². The number of hydrogen-bond acceptors (Lipinski definition) is 6. The fraction of sp³-hybridized carbons (Fsp3) is 0.167. The molecule has 106 valence electrons. The molecule has 0 saturated heterocycles. The van der Waals surface area contributed by atoms with E-state index in [1.165, 1.54) is 11.8 Å². The van der Waals surface area contributed by atoms with Gasteiger partial charge in [0.25, 0.3) is 0 Å². The summed E-state index contributed by atoms with van der Waals surface area (Å²) in [5.41, 5.74) is 5.56. The topological polar surface area (TPSA) is 84.1 Å². The van der Waals surface area contributed by atoms with Gasteiger partial charge in [-0.1, -0.05) is 35.0 Å². The summed E-state index contributed by atoms with van der Waals surface area (Å²) < 4.78 is 0. The van der Waals surface area contributed by atoms with Gasteiger partial charge in [0.1, 0.15) is 5.82 Å². The van der Waals surface area contributed by atoms with Gasteiger partial charge in [0.2, 0.25) is 5.95 Å². The van der Waals surface area contributed by atoms with E-state index >= 15 is 0 Å². The predicted octanol–water partition coefficient (Wildman–Crippen LogP) is 2.92. The second-order valence-corrected chi connectivity index (χ2v) is 5.70. The second kappa shape index (κ2) is 6.99. The zero-order chi connectivity index (χ0) is 14.5. The van der Waals surface area contributed by atoms with Crippen LogP contribution in [-0.2, 0) is 0 Å². The van der Waals surface area contributed by atoms with Crippen molar-refractivity contribution >= 4 is 46.7 Å². The quantitative estimate of drug-likeness (QED) is 0.781. The average molecular weight is 331 g/mol. The van der Waals surface area contributed by atoms with Gasteiger partial charge in [0.05, 0.1) is 16.5 Å². The Balaban J connectivity index is 2.27. The first-order valence-corrected chi connectivity index (χ1v) is 7.27. The monoisotopic (exact) mass is 330 g/mol. The fourth-order valence-corrected chi connectivity index (χ4v) is 2.81. The van der Waals surface area contributed by atoms with Crippen LogP contribution in [-0.4, -0.2) is 28.2 Å². The number of aromatic nitrogens is 2. The number of aliphatic hydroxyl groups excluding tert-OH is 1. The number of nitrogens with one attached hydrogen (secondary N) is 1. The molecule has 0 amide bonds. The highest BCUT2D eigenvalue weighted by atomic mass is 35.5. The third-order valence-corrected chi connectivity index (χ3v) is 4.05. The number of hydrogen-bond donors (Lipinski definition) is 3. The van der Waals surface area contributed by atoms with Gasteiger partial charge in [-0.25, -0.2) is 4.98 Å². The summed E-state index contributed by atoms with van der Waals surface area (Å²) in [5, 5.41) is 13.0. The molecule has 0 bridgehead atoms. The van der Waals surface area contributed by atoms with E-state index in [1.807, 2.05) is 6.07 Å². The van der Waals surface area contributed by atoms with E-state index in [0.29, 0.717) is 22.4 Å². The number of benzene rings is 1. The first kappa shape index (κ1) is 15.2. The van der Waals surface area contributed by atoms with E-state index in [0.717, 1.165) is 9.79 Å². The van der Waals surface area contributed by atoms with Crippen molar-refractivity contribution in [3.8, 4) is 0 Å². The minimum absolute atomic E-state index is 0.00425. The van der Waals surface area contributed by atoms with E-state index in [2.05, 4.69) is 15.3 Å². The standard InChI is InChI=1S/C12H12Cl2N4OS/c13-7-1-2-9(8(14)5-7)20-10-6-17-12(15)18-11(10)16-3-4-19/h1-2,5-6,19H,3-4H2,(H3,15,16,17,18). The van der Waals surface area contributed by atoms with Gasteiger partial charge in [-0.05, 0) is 18.2 Å². The van der Waals surface area contributed by atoms with Crippen molar-refractivity contribution in [3.05, 3.63) is 34.4 Å². The number of nitrogens with two attached hydrogens (primary N) is 1. The summed E-state index contributed by atoms with van der Waals surface area (Å²) in [6, 6.07) is 5.25. The van der Waals surface area contributed by atoms with Crippen LogP contribution in [0.3, 0.4) is 0 Å². The third kappa shape index (κ3) is 3.89. The van der Waals surface area contributed by atoms with Crippen molar-refractivity contribution in [2.45, 2.75) is 9.79 Å². The average Bonchev–Trinajstić information content (AvgIpc) is 2.41. The van der Waals surface area contributed by atoms with Crippen LogP contribution in [0, 0.1) is 0 Å². The third-order valence-electron chi connectivity index (χ3n) is 2.29. The minimum Gasteiger partial charge on any atom is -0.395 e. The Morgan fingerprint density at radius 2 is 2.10 bits per heavy atom. The lowest BCUT2D eigenvalue weighted by Gasteiger charge is -2.10. The Morgan fingerprint density at radius 3 is 2.80 bits per heavy atom. The number of anilines is 2. The van der Waals surface area contributed by atoms with Crippen LogP contribution in [0.1, 0.15) is 0 Å². The number of rotatable bonds is 5. The maximum atomic E-state index is 8.87. The van der Waals surface area contributed by atoms with Gasteiger partial charge in [-0.3, -0.25) is 0 Å². The second-order valence-electron chi connectivity index (χ2n) is 3.77. The largest absolute Gasteiger partial charge is 0.395 e. The van der Waals surface area contributed by atoms with Gasteiger partial charge in [-0.15, -0.1) is 0 Å².